The average Bonchev–Trinajstić information content (AvgIpc) is 3.31. The molecule has 0 saturated heterocycles. The Hall–Kier alpha value is -4.14. The van der Waals surface area contributed by atoms with Crippen LogP contribution in [0.2, 0.25) is 17.3 Å². The van der Waals surface area contributed by atoms with Gasteiger partial charge in [0, 0.05) is 0 Å². The number of hydrogen-bond acceptors (Lipinski definition) is 2. The first-order chi connectivity index (χ1) is 18.8. The summed E-state index contributed by atoms with van der Waals surface area (Å²) < 4.78 is 10.5. The van der Waals surface area contributed by atoms with E-state index in [2.05, 4.69) is 109 Å². The molecule has 0 N–H and O–H groups in total. The van der Waals surface area contributed by atoms with E-state index in [1.54, 1.807) is 0 Å². The third-order valence-electron chi connectivity index (χ3n) is 7.67. The zero-order valence-corrected chi connectivity index (χ0v) is 25.1. The number of nitriles is 1. The summed E-state index contributed by atoms with van der Waals surface area (Å²) in [5.41, 5.74) is 9.75. The summed E-state index contributed by atoms with van der Waals surface area (Å²) in [5.74, 6) is 7.25. The number of pyridine rings is 1. The van der Waals surface area contributed by atoms with Gasteiger partial charge in [0.2, 0.25) is 0 Å². The van der Waals surface area contributed by atoms with Crippen molar-refractivity contribution in [3.05, 3.63) is 108 Å². The van der Waals surface area contributed by atoms with Gasteiger partial charge in [0.05, 0.1) is 0 Å². The molecule has 6 rings (SSSR count). The molecule has 0 saturated carbocycles. The molecule has 0 bridgehead atoms. The van der Waals surface area contributed by atoms with Crippen molar-refractivity contribution in [1.82, 2.24) is 0 Å². The molecular formula is C35H31GeN2O+. The molecule has 0 fully saturated rings. The van der Waals surface area contributed by atoms with Gasteiger partial charge in [0.25, 0.3) is 0 Å². The first kappa shape index (κ1) is 25.2. The van der Waals surface area contributed by atoms with Crippen molar-refractivity contribution in [3.63, 3.8) is 0 Å². The molecule has 0 aliphatic rings. The molecule has 4 heteroatoms. The number of hydrogen-bond donors (Lipinski definition) is 0. The second-order valence-electron chi connectivity index (χ2n) is 11.3. The summed E-state index contributed by atoms with van der Waals surface area (Å²) in [6.45, 7) is 2.14. The predicted molar refractivity (Wildman–Crippen MR) is 164 cm³/mol. The minimum absolute atomic E-state index is 0.610. The maximum absolute atomic E-state index is 10.1. The molecule has 39 heavy (non-hydrogen) atoms. The molecule has 3 nitrogen and oxygen atoms in total. The monoisotopic (exact) mass is 569 g/mol. The summed E-state index contributed by atoms with van der Waals surface area (Å²) in [7, 11) is 2.13. The van der Waals surface area contributed by atoms with Gasteiger partial charge in [0.1, 0.15) is 0 Å². The fourth-order valence-electron chi connectivity index (χ4n) is 5.47. The molecule has 2 heterocycles. The number of furan rings is 1. The molecule has 0 radical (unpaired) electrons. The van der Waals surface area contributed by atoms with Crippen LogP contribution in [-0.4, -0.2) is 13.3 Å². The average molecular weight is 568 g/mol. The van der Waals surface area contributed by atoms with Gasteiger partial charge in [-0.25, -0.2) is 0 Å². The Morgan fingerprint density at radius 2 is 1.31 bits per heavy atom. The van der Waals surface area contributed by atoms with E-state index in [-0.39, 0.29) is 0 Å². The van der Waals surface area contributed by atoms with Gasteiger partial charge in [-0.05, 0) is 11.1 Å². The van der Waals surface area contributed by atoms with Gasteiger partial charge in [0.15, 0.2) is 0 Å². The Kier molecular flexibility index (Phi) is 6.16. The number of fused-ring (bicyclic) bond motifs is 3. The number of aryl methyl sites for hydroxylation is 2. The molecule has 6 aromatic rings. The van der Waals surface area contributed by atoms with Crippen LogP contribution in [0.5, 0.6) is 0 Å². The first-order valence-electron chi connectivity index (χ1n) is 13.3. The fourth-order valence-corrected chi connectivity index (χ4v) is 7.91. The molecule has 0 spiro atoms. The van der Waals surface area contributed by atoms with E-state index in [0.29, 0.717) is 5.56 Å². The molecule has 0 atom stereocenters. The topological polar surface area (TPSA) is 40.8 Å². The Balaban J connectivity index is 1.57. The first-order valence-corrected chi connectivity index (χ1v) is 20.7. The Morgan fingerprint density at radius 3 is 1.95 bits per heavy atom. The van der Waals surface area contributed by atoms with Crippen LogP contribution in [0.1, 0.15) is 11.1 Å². The summed E-state index contributed by atoms with van der Waals surface area (Å²) in [6.07, 6.45) is 2.30. The number of aromatic nitrogens is 1. The summed E-state index contributed by atoms with van der Waals surface area (Å²) >= 11 is -1.96. The van der Waals surface area contributed by atoms with Gasteiger partial charge in [-0.3, -0.25) is 0 Å². The SMILES string of the molecule is Cc1ccc2c(oc3c(-c4ccc(-c5ccccc5)cc4)c(C#N)ccc32)c1-c1cc[c]([Ge]([CH3])([CH3])[CH3])c[n+]1C. The fraction of sp³-hybridized carbons (Fsp3) is 0.143. The van der Waals surface area contributed by atoms with E-state index in [9.17, 15) is 5.26 Å². The van der Waals surface area contributed by atoms with E-state index in [1.165, 1.54) is 9.96 Å². The maximum atomic E-state index is 10.1. The number of benzene rings is 4. The Labute approximate surface area is 232 Å². The van der Waals surface area contributed by atoms with Gasteiger partial charge >= 0.3 is 192 Å². The van der Waals surface area contributed by atoms with E-state index >= 15 is 0 Å². The zero-order valence-electron chi connectivity index (χ0n) is 23.0. The number of rotatable bonds is 4. The second kappa shape index (κ2) is 9.56. The third-order valence-corrected chi connectivity index (χ3v) is 11.9. The van der Waals surface area contributed by atoms with E-state index < -0.39 is 13.3 Å². The third kappa shape index (κ3) is 4.35. The van der Waals surface area contributed by atoms with Gasteiger partial charge < -0.3 is 0 Å². The van der Waals surface area contributed by atoms with Crippen molar-refractivity contribution < 1.29 is 8.98 Å². The molecule has 0 unspecified atom stereocenters. The molecule has 0 amide bonds. The van der Waals surface area contributed by atoms with Crippen LogP contribution in [-0.2, 0) is 7.05 Å². The van der Waals surface area contributed by atoms with E-state index in [4.69, 9.17) is 4.42 Å². The van der Waals surface area contributed by atoms with Crippen molar-refractivity contribution in [2.24, 2.45) is 7.05 Å². The zero-order chi connectivity index (χ0) is 27.3. The van der Waals surface area contributed by atoms with Crippen LogP contribution in [0, 0.1) is 18.3 Å². The van der Waals surface area contributed by atoms with Crippen LogP contribution in [0.4, 0.5) is 0 Å². The van der Waals surface area contributed by atoms with Crippen molar-refractivity contribution in [2.45, 2.75) is 24.2 Å². The van der Waals surface area contributed by atoms with Crippen molar-refractivity contribution >= 4 is 39.6 Å². The summed E-state index contributed by atoms with van der Waals surface area (Å²) in [6, 6.07) is 34.0. The predicted octanol–water partition coefficient (Wildman–Crippen LogP) is 8.14. The molecule has 2 aromatic heterocycles. The molecule has 0 aliphatic carbocycles. The van der Waals surface area contributed by atoms with Crippen LogP contribution in [0.15, 0.2) is 102 Å². The van der Waals surface area contributed by atoms with Crippen LogP contribution in [0.3, 0.4) is 0 Å². The molecule has 190 valence electrons. The van der Waals surface area contributed by atoms with Crippen LogP contribution < -0.4 is 8.96 Å². The van der Waals surface area contributed by atoms with Gasteiger partial charge in [-0.1, -0.05) is 30.3 Å². The van der Waals surface area contributed by atoms with Crippen molar-refractivity contribution in [2.75, 3.05) is 0 Å². The molecule has 4 aromatic carbocycles. The molecular weight excluding hydrogens is 537 g/mol. The van der Waals surface area contributed by atoms with Gasteiger partial charge in [-0.2, -0.15) is 0 Å². The summed E-state index contributed by atoms with van der Waals surface area (Å²) in [5, 5.41) is 12.1. The van der Waals surface area contributed by atoms with Crippen LogP contribution >= 0.6 is 0 Å². The van der Waals surface area contributed by atoms with Gasteiger partial charge in [-0.15, -0.1) is 0 Å². The number of nitrogens with zero attached hydrogens (tertiary/aromatic N) is 2. The van der Waals surface area contributed by atoms with E-state index in [1.807, 2.05) is 30.3 Å². The summed E-state index contributed by atoms with van der Waals surface area (Å²) in [4.78, 5) is 0. The van der Waals surface area contributed by atoms with Crippen molar-refractivity contribution in [1.29, 1.82) is 5.26 Å². The Morgan fingerprint density at radius 1 is 0.692 bits per heavy atom. The standard InChI is InChI=1S/C35H31GeN2O/c1-23-11-18-29-30-19-16-27(21-37)33(26-14-12-25(13-15-26)24-9-7-6-8-10-24)35(30)39-34(29)32(23)31-20-17-28(22-38(31)5)36(2,3)4/h6-20,22H,1-5H3/q+1. The quantitative estimate of drug-likeness (QED) is 0.159. The second-order valence-corrected chi connectivity index (χ2v) is 22.0. The molecule has 0 aliphatic heterocycles. The van der Waals surface area contributed by atoms with Crippen molar-refractivity contribution in [3.8, 4) is 39.6 Å². The van der Waals surface area contributed by atoms with Crippen LogP contribution in [0.25, 0.3) is 55.4 Å². The minimum atomic E-state index is -1.96. The Bertz CT molecular complexity index is 1900. The normalized spacial score (nSPS) is 11.7. The van der Waals surface area contributed by atoms with E-state index in [0.717, 1.165) is 55.4 Å².